The maximum Gasteiger partial charge on any atom is 0.292 e. The van der Waals surface area contributed by atoms with Crippen LogP contribution >= 0.6 is 27.3 Å². The van der Waals surface area contributed by atoms with Gasteiger partial charge in [0, 0.05) is 9.35 Å². The van der Waals surface area contributed by atoms with Crippen molar-refractivity contribution < 1.29 is 17.6 Å². The van der Waals surface area contributed by atoms with Crippen LogP contribution in [-0.4, -0.2) is 14.3 Å². The molecular formula is C20H15BrN2O4S2. The van der Waals surface area contributed by atoms with Crippen LogP contribution in [0.4, 0.5) is 5.00 Å². The molecule has 4 rings (SSSR count). The highest BCUT2D eigenvalue weighted by Gasteiger charge is 2.26. The summed E-state index contributed by atoms with van der Waals surface area (Å²) in [5.74, 6) is -0.715. The highest BCUT2D eigenvalue weighted by atomic mass is 79.9. The van der Waals surface area contributed by atoms with Gasteiger partial charge in [0.05, 0.1) is 10.5 Å². The molecule has 3 aromatic rings. The number of rotatable bonds is 4. The van der Waals surface area contributed by atoms with Crippen LogP contribution in [0.1, 0.15) is 39.4 Å². The van der Waals surface area contributed by atoms with Crippen LogP contribution in [0.2, 0.25) is 0 Å². The number of anilines is 1. The van der Waals surface area contributed by atoms with Crippen molar-refractivity contribution in [2.75, 3.05) is 5.32 Å². The molecule has 1 aliphatic carbocycles. The summed E-state index contributed by atoms with van der Waals surface area (Å²) in [5, 5.41) is 12.4. The standard InChI is InChI=1S/C20H15BrN2O4S2/c21-12-5-7-13(8-6-12)29(25,26)18-10-9-16(27-18)19(24)23-20-15(11-22)14-3-1-2-4-17(14)28-20/h5-10H,1-4H2,(H,23,24). The molecule has 1 aliphatic rings. The number of nitrogens with one attached hydrogen (secondary N) is 1. The zero-order valence-corrected chi connectivity index (χ0v) is 18.3. The summed E-state index contributed by atoms with van der Waals surface area (Å²) >= 11 is 4.66. The number of nitrogens with zero attached hydrogens (tertiary/aromatic N) is 1. The molecule has 148 valence electrons. The second-order valence-electron chi connectivity index (χ2n) is 6.56. The number of hydrogen-bond donors (Lipinski definition) is 1. The summed E-state index contributed by atoms with van der Waals surface area (Å²) in [7, 11) is -3.87. The van der Waals surface area contributed by atoms with Crippen molar-refractivity contribution in [1.29, 1.82) is 5.26 Å². The van der Waals surface area contributed by atoms with Gasteiger partial charge in [0.1, 0.15) is 11.1 Å². The predicted octanol–water partition coefficient (Wildman–Crippen LogP) is 4.94. The van der Waals surface area contributed by atoms with Crippen molar-refractivity contribution in [3.8, 4) is 6.07 Å². The molecule has 1 amide bonds. The van der Waals surface area contributed by atoms with Crippen molar-refractivity contribution in [3.63, 3.8) is 0 Å². The number of fused-ring (bicyclic) bond motifs is 1. The van der Waals surface area contributed by atoms with Gasteiger partial charge in [-0.2, -0.15) is 5.26 Å². The Hall–Kier alpha value is -2.41. The van der Waals surface area contributed by atoms with Crippen LogP contribution in [0.3, 0.4) is 0 Å². The van der Waals surface area contributed by atoms with E-state index in [2.05, 4.69) is 27.3 Å². The first-order valence-electron chi connectivity index (χ1n) is 8.86. The molecule has 0 unspecified atom stereocenters. The summed E-state index contributed by atoms with van der Waals surface area (Å²) < 4.78 is 31.5. The van der Waals surface area contributed by atoms with E-state index in [0.29, 0.717) is 10.6 Å². The molecule has 2 aromatic heterocycles. The van der Waals surface area contributed by atoms with E-state index in [0.717, 1.165) is 40.6 Å². The number of carbonyl (C=O) groups is 1. The molecule has 1 aromatic carbocycles. The Bertz CT molecular complexity index is 1230. The molecule has 0 aliphatic heterocycles. The Balaban J connectivity index is 1.59. The Morgan fingerprint density at radius 3 is 2.59 bits per heavy atom. The van der Waals surface area contributed by atoms with Gasteiger partial charge in [-0.25, -0.2) is 8.42 Å². The van der Waals surface area contributed by atoms with E-state index in [1.165, 1.54) is 35.6 Å². The van der Waals surface area contributed by atoms with Gasteiger partial charge >= 0.3 is 0 Å². The van der Waals surface area contributed by atoms with E-state index < -0.39 is 15.7 Å². The van der Waals surface area contributed by atoms with Crippen LogP contribution in [0.25, 0.3) is 0 Å². The van der Waals surface area contributed by atoms with E-state index in [4.69, 9.17) is 4.42 Å². The van der Waals surface area contributed by atoms with Crippen LogP contribution in [0.15, 0.2) is 55.3 Å². The minimum Gasteiger partial charge on any atom is -0.439 e. The molecule has 0 spiro atoms. The predicted molar refractivity (Wildman–Crippen MR) is 112 cm³/mol. The third kappa shape index (κ3) is 3.75. The lowest BCUT2D eigenvalue weighted by atomic mass is 9.96. The average Bonchev–Trinajstić information content (AvgIpc) is 3.33. The second kappa shape index (κ2) is 7.78. The summed E-state index contributed by atoms with van der Waals surface area (Å²) in [6, 6.07) is 10.9. The van der Waals surface area contributed by atoms with Gasteiger partial charge in [0.15, 0.2) is 5.76 Å². The number of hydrogen-bond acceptors (Lipinski definition) is 6. The summed E-state index contributed by atoms with van der Waals surface area (Å²) in [6.45, 7) is 0. The monoisotopic (exact) mass is 490 g/mol. The molecule has 0 saturated carbocycles. The zero-order valence-electron chi connectivity index (χ0n) is 15.1. The lowest BCUT2D eigenvalue weighted by Gasteiger charge is -2.09. The fourth-order valence-electron chi connectivity index (χ4n) is 3.25. The normalized spacial score (nSPS) is 13.5. The molecule has 6 nitrogen and oxygen atoms in total. The number of carbonyl (C=O) groups excluding carboxylic acids is 1. The quantitative estimate of drug-likeness (QED) is 0.557. The van der Waals surface area contributed by atoms with Crippen molar-refractivity contribution >= 4 is 48.0 Å². The minimum absolute atomic E-state index is 0.0692. The first-order valence-corrected chi connectivity index (χ1v) is 12.0. The van der Waals surface area contributed by atoms with Gasteiger partial charge in [-0.3, -0.25) is 4.79 Å². The first-order chi connectivity index (χ1) is 13.9. The molecule has 29 heavy (non-hydrogen) atoms. The number of nitriles is 1. The highest BCUT2D eigenvalue weighted by Crippen LogP contribution is 2.38. The SMILES string of the molecule is N#Cc1c(NC(=O)c2ccc(S(=O)(=O)c3ccc(Br)cc3)o2)sc2c1CCCC2. The zero-order chi connectivity index (χ0) is 20.6. The van der Waals surface area contributed by atoms with Crippen molar-refractivity contribution in [3.05, 3.63) is 62.6 Å². The lowest BCUT2D eigenvalue weighted by Crippen LogP contribution is -2.11. The number of halogens is 1. The third-order valence-electron chi connectivity index (χ3n) is 4.70. The number of benzene rings is 1. The van der Waals surface area contributed by atoms with Gasteiger partial charge in [-0.1, -0.05) is 15.9 Å². The molecule has 0 fully saturated rings. The number of furan rings is 1. The summed E-state index contributed by atoms with van der Waals surface area (Å²) in [6.07, 6.45) is 3.84. The van der Waals surface area contributed by atoms with E-state index >= 15 is 0 Å². The van der Waals surface area contributed by atoms with Crippen LogP contribution in [0.5, 0.6) is 0 Å². The van der Waals surface area contributed by atoms with E-state index in [9.17, 15) is 18.5 Å². The topological polar surface area (TPSA) is 100 Å². The maximum absolute atomic E-state index is 12.7. The average molecular weight is 491 g/mol. The number of thiophene rings is 1. The number of sulfone groups is 1. The Labute approximate surface area is 180 Å². The molecule has 2 heterocycles. The number of amides is 1. The molecule has 9 heteroatoms. The first kappa shape index (κ1) is 19.9. The fourth-order valence-corrected chi connectivity index (χ4v) is 5.93. The van der Waals surface area contributed by atoms with Gasteiger partial charge in [-0.15, -0.1) is 11.3 Å². The molecule has 0 bridgehead atoms. The maximum atomic E-state index is 12.7. The largest absolute Gasteiger partial charge is 0.439 e. The van der Waals surface area contributed by atoms with Crippen LogP contribution in [-0.2, 0) is 22.7 Å². The lowest BCUT2D eigenvalue weighted by molar-refractivity contribution is 0.0992. The van der Waals surface area contributed by atoms with Gasteiger partial charge in [-0.05, 0) is 67.6 Å². The minimum atomic E-state index is -3.87. The van der Waals surface area contributed by atoms with Gasteiger partial charge in [0.25, 0.3) is 5.91 Å². The molecular weight excluding hydrogens is 476 g/mol. The summed E-state index contributed by atoms with van der Waals surface area (Å²) in [5.41, 5.74) is 1.50. The third-order valence-corrected chi connectivity index (χ3v) is 8.08. The molecule has 1 N–H and O–H groups in total. The highest BCUT2D eigenvalue weighted by molar-refractivity contribution is 9.10. The van der Waals surface area contributed by atoms with Crippen molar-refractivity contribution in [1.82, 2.24) is 0 Å². The van der Waals surface area contributed by atoms with E-state index in [1.54, 1.807) is 12.1 Å². The van der Waals surface area contributed by atoms with Crippen molar-refractivity contribution in [2.45, 2.75) is 35.7 Å². The molecule has 0 atom stereocenters. The Morgan fingerprint density at radius 1 is 1.14 bits per heavy atom. The van der Waals surface area contributed by atoms with E-state index in [-0.39, 0.29) is 15.7 Å². The molecule has 0 radical (unpaired) electrons. The van der Waals surface area contributed by atoms with Gasteiger partial charge in [0.2, 0.25) is 14.9 Å². The Morgan fingerprint density at radius 2 is 1.86 bits per heavy atom. The second-order valence-corrected chi connectivity index (χ2v) is 10.5. The Kier molecular flexibility index (Phi) is 5.34. The van der Waals surface area contributed by atoms with Crippen LogP contribution in [0, 0.1) is 11.3 Å². The number of aryl methyl sites for hydroxylation is 1. The van der Waals surface area contributed by atoms with Crippen LogP contribution < -0.4 is 5.32 Å². The summed E-state index contributed by atoms with van der Waals surface area (Å²) in [4.78, 5) is 13.8. The van der Waals surface area contributed by atoms with Gasteiger partial charge < -0.3 is 9.73 Å². The van der Waals surface area contributed by atoms with E-state index in [1.807, 2.05) is 0 Å². The fraction of sp³-hybridized carbons (Fsp3) is 0.200. The van der Waals surface area contributed by atoms with Crippen molar-refractivity contribution in [2.24, 2.45) is 0 Å². The smallest absolute Gasteiger partial charge is 0.292 e. The molecule has 0 saturated heterocycles.